The van der Waals surface area contributed by atoms with Crippen molar-refractivity contribution in [3.8, 4) is 0 Å². The van der Waals surface area contributed by atoms with Gasteiger partial charge < -0.3 is 5.32 Å². The summed E-state index contributed by atoms with van der Waals surface area (Å²) in [6.45, 7) is 3.31. The molecule has 104 valence electrons. The van der Waals surface area contributed by atoms with Gasteiger partial charge in [-0.25, -0.2) is 0 Å². The summed E-state index contributed by atoms with van der Waals surface area (Å²) in [4.78, 5) is 0. The molecule has 1 unspecified atom stereocenters. The van der Waals surface area contributed by atoms with Gasteiger partial charge in [0.2, 0.25) is 0 Å². The second kappa shape index (κ2) is 5.80. The van der Waals surface area contributed by atoms with E-state index < -0.39 is 0 Å². The van der Waals surface area contributed by atoms with Gasteiger partial charge in [-0.2, -0.15) is 0 Å². The summed E-state index contributed by atoms with van der Waals surface area (Å²) in [5.74, 6) is 0. The van der Waals surface area contributed by atoms with E-state index in [2.05, 4.69) is 72.9 Å². The van der Waals surface area contributed by atoms with E-state index in [0.717, 1.165) is 6.54 Å². The van der Waals surface area contributed by atoms with E-state index in [1.807, 2.05) is 0 Å². The molecule has 1 aliphatic carbocycles. The Balaban J connectivity index is 1.94. The van der Waals surface area contributed by atoms with Gasteiger partial charge in [-0.1, -0.05) is 67.6 Å². The van der Waals surface area contributed by atoms with Crippen molar-refractivity contribution in [1.82, 2.24) is 5.32 Å². The van der Waals surface area contributed by atoms with Gasteiger partial charge in [0.1, 0.15) is 0 Å². The van der Waals surface area contributed by atoms with Crippen LogP contribution in [0.1, 0.15) is 43.4 Å². The number of nitrogens with one attached hydrogen (secondary N) is 1. The highest BCUT2D eigenvalue weighted by atomic mass is 14.9. The summed E-state index contributed by atoms with van der Waals surface area (Å²) in [6, 6.07) is 22.4. The van der Waals surface area contributed by atoms with Gasteiger partial charge in [0.25, 0.3) is 0 Å². The lowest BCUT2D eigenvalue weighted by Crippen LogP contribution is -2.32. The van der Waals surface area contributed by atoms with Crippen LogP contribution >= 0.6 is 0 Å². The number of hydrogen-bond acceptors (Lipinski definition) is 1. The van der Waals surface area contributed by atoms with Crippen LogP contribution in [-0.2, 0) is 5.41 Å². The van der Waals surface area contributed by atoms with E-state index in [1.54, 1.807) is 0 Å². The first-order valence-corrected chi connectivity index (χ1v) is 7.71. The van der Waals surface area contributed by atoms with Gasteiger partial charge in [0.15, 0.2) is 0 Å². The van der Waals surface area contributed by atoms with Gasteiger partial charge in [-0.15, -0.1) is 0 Å². The first-order chi connectivity index (χ1) is 9.87. The van der Waals surface area contributed by atoms with Crippen molar-refractivity contribution in [3.63, 3.8) is 0 Å². The second-order valence-electron chi connectivity index (χ2n) is 5.82. The third-order valence-corrected chi connectivity index (χ3v) is 4.42. The van der Waals surface area contributed by atoms with Gasteiger partial charge in [-0.3, -0.25) is 0 Å². The Hall–Kier alpha value is -1.60. The lowest BCUT2D eigenvalue weighted by Gasteiger charge is -2.29. The summed E-state index contributed by atoms with van der Waals surface area (Å²) in [7, 11) is 0. The van der Waals surface area contributed by atoms with Crippen molar-refractivity contribution in [2.24, 2.45) is 0 Å². The van der Waals surface area contributed by atoms with Crippen molar-refractivity contribution in [1.29, 1.82) is 0 Å². The quantitative estimate of drug-likeness (QED) is 0.813. The molecule has 0 aliphatic heterocycles. The number of rotatable bonds is 6. The molecule has 1 heteroatoms. The molecule has 1 fully saturated rings. The maximum absolute atomic E-state index is 3.79. The molecular weight excluding hydrogens is 242 g/mol. The van der Waals surface area contributed by atoms with Crippen LogP contribution < -0.4 is 5.32 Å². The summed E-state index contributed by atoms with van der Waals surface area (Å²) >= 11 is 0. The zero-order valence-corrected chi connectivity index (χ0v) is 12.2. The van der Waals surface area contributed by atoms with Gasteiger partial charge >= 0.3 is 0 Å². The molecule has 1 nitrogen and oxygen atoms in total. The largest absolute Gasteiger partial charge is 0.309 e. The highest BCUT2D eigenvalue weighted by Gasteiger charge is 2.50. The predicted octanol–water partition coefficient (Wildman–Crippen LogP) is 4.46. The summed E-state index contributed by atoms with van der Waals surface area (Å²) in [5.41, 5.74) is 3.21. The molecule has 0 spiro atoms. The lowest BCUT2D eigenvalue weighted by molar-refractivity contribution is 0.429. The van der Waals surface area contributed by atoms with Gasteiger partial charge in [0.05, 0.1) is 0 Å². The Kier molecular flexibility index (Phi) is 3.88. The Bertz CT molecular complexity index is 528. The molecule has 1 N–H and O–H groups in total. The van der Waals surface area contributed by atoms with E-state index in [9.17, 15) is 0 Å². The van der Waals surface area contributed by atoms with E-state index in [4.69, 9.17) is 0 Å². The highest BCUT2D eigenvalue weighted by molar-refractivity contribution is 5.38. The molecule has 1 atom stereocenters. The van der Waals surface area contributed by atoms with E-state index in [0.29, 0.717) is 11.5 Å². The maximum Gasteiger partial charge on any atom is 0.0418 e. The Morgan fingerprint density at radius 2 is 1.55 bits per heavy atom. The minimum atomic E-state index is 0.303. The van der Waals surface area contributed by atoms with Crippen molar-refractivity contribution in [2.45, 2.75) is 37.6 Å². The minimum absolute atomic E-state index is 0.303. The zero-order valence-electron chi connectivity index (χ0n) is 12.2. The first-order valence-electron chi connectivity index (χ1n) is 7.71. The zero-order chi connectivity index (χ0) is 13.8. The number of hydrogen-bond donors (Lipinski definition) is 1. The van der Waals surface area contributed by atoms with E-state index in [-0.39, 0.29) is 0 Å². The van der Waals surface area contributed by atoms with Gasteiger partial charge in [0, 0.05) is 11.5 Å². The van der Waals surface area contributed by atoms with E-state index >= 15 is 0 Å². The summed E-state index contributed by atoms with van der Waals surface area (Å²) in [5, 5.41) is 3.79. The first kappa shape index (κ1) is 13.4. The van der Waals surface area contributed by atoms with Crippen LogP contribution in [0, 0.1) is 0 Å². The standard InChI is InChI=1S/C19H23N/c1-2-15-20-18(16-9-5-3-6-10-16)19(13-14-19)17-11-7-4-8-12-17/h3-12,18,20H,2,13-15H2,1H3. The van der Waals surface area contributed by atoms with Gasteiger partial charge in [-0.05, 0) is 36.9 Å². The smallest absolute Gasteiger partial charge is 0.0418 e. The van der Waals surface area contributed by atoms with Crippen LogP contribution in [0.25, 0.3) is 0 Å². The monoisotopic (exact) mass is 265 g/mol. The molecule has 2 aromatic carbocycles. The third-order valence-electron chi connectivity index (χ3n) is 4.42. The molecule has 1 aliphatic rings. The Morgan fingerprint density at radius 3 is 2.10 bits per heavy atom. The predicted molar refractivity (Wildman–Crippen MR) is 84.8 cm³/mol. The molecule has 0 saturated heterocycles. The average Bonchev–Trinajstić information content (AvgIpc) is 3.31. The minimum Gasteiger partial charge on any atom is -0.309 e. The summed E-state index contributed by atoms with van der Waals surface area (Å²) < 4.78 is 0. The molecular formula is C19H23N. The fraction of sp³-hybridized carbons (Fsp3) is 0.368. The van der Waals surface area contributed by atoms with Crippen LogP contribution in [0.2, 0.25) is 0 Å². The fourth-order valence-corrected chi connectivity index (χ4v) is 3.22. The molecule has 3 rings (SSSR count). The van der Waals surface area contributed by atoms with Crippen molar-refractivity contribution < 1.29 is 0 Å². The lowest BCUT2D eigenvalue weighted by atomic mass is 9.84. The maximum atomic E-state index is 3.79. The van der Waals surface area contributed by atoms with Crippen LogP contribution in [-0.4, -0.2) is 6.54 Å². The SMILES string of the molecule is CCCNC(c1ccccc1)C1(c2ccccc2)CC1. The van der Waals surface area contributed by atoms with Crippen LogP contribution in [0.5, 0.6) is 0 Å². The fourth-order valence-electron chi connectivity index (χ4n) is 3.22. The molecule has 0 radical (unpaired) electrons. The number of benzene rings is 2. The third kappa shape index (κ3) is 2.51. The van der Waals surface area contributed by atoms with Crippen LogP contribution in [0.15, 0.2) is 60.7 Å². The molecule has 20 heavy (non-hydrogen) atoms. The van der Waals surface area contributed by atoms with Crippen LogP contribution in [0.3, 0.4) is 0 Å². The average molecular weight is 265 g/mol. The molecule has 0 aromatic heterocycles. The summed E-state index contributed by atoms with van der Waals surface area (Å²) in [6.07, 6.45) is 3.74. The Morgan fingerprint density at radius 1 is 0.950 bits per heavy atom. The molecule has 2 aromatic rings. The topological polar surface area (TPSA) is 12.0 Å². The second-order valence-corrected chi connectivity index (χ2v) is 5.82. The van der Waals surface area contributed by atoms with Crippen LogP contribution in [0.4, 0.5) is 0 Å². The van der Waals surface area contributed by atoms with Crippen molar-refractivity contribution in [2.75, 3.05) is 6.54 Å². The Labute approximate surface area is 122 Å². The van der Waals surface area contributed by atoms with E-state index in [1.165, 1.54) is 30.4 Å². The normalized spacial score (nSPS) is 17.6. The highest BCUT2D eigenvalue weighted by Crippen LogP contribution is 2.56. The van der Waals surface area contributed by atoms with Crippen molar-refractivity contribution in [3.05, 3.63) is 71.8 Å². The molecule has 0 bridgehead atoms. The molecule has 0 amide bonds. The van der Waals surface area contributed by atoms with Crippen molar-refractivity contribution >= 4 is 0 Å². The molecule has 0 heterocycles. The molecule has 1 saturated carbocycles.